The molecule has 2 aromatic rings. The highest BCUT2D eigenvalue weighted by atomic mass is 16.5. The van der Waals surface area contributed by atoms with Gasteiger partial charge >= 0.3 is 17.9 Å². The van der Waals surface area contributed by atoms with Crippen molar-refractivity contribution in [1.29, 1.82) is 0 Å². The molecule has 0 spiro atoms. The highest BCUT2D eigenvalue weighted by molar-refractivity contribution is 6.07. The molecule has 1 N–H and O–H groups in total. The van der Waals surface area contributed by atoms with E-state index in [9.17, 15) is 19.2 Å². The van der Waals surface area contributed by atoms with Gasteiger partial charge in [-0.15, -0.1) is 0 Å². The quantitative estimate of drug-likeness (QED) is 0.548. The van der Waals surface area contributed by atoms with E-state index in [0.717, 1.165) is 26.7 Å². The standard InChI is InChI=1S/C19H20N2O7/c1-26-14(22)10-13(18(24)27-2)16(19(25)28-3)21-17(23)12-8-4-6-11-7-5-9-20-15(11)12/h4-9,13,16H,10H2,1-3H3,(H,21,23)/t13-,16-/m0/s1. The maximum absolute atomic E-state index is 12.8. The van der Waals surface area contributed by atoms with E-state index in [1.807, 2.05) is 0 Å². The first-order valence-corrected chi connectivity index (χ1v) is 8.30. The summed E-state index contributed by atoms with van der Waals surface area (Å²) in [7, 11) is 3.36. The Balaban J connectivity index is 2.39. The zero-order chi connectivity index (χ0) is 20.7. The second-order valence-electron chi connectivity index (χ2n) is 5.76. The first-order chi connectivity index (χ1) is 13.4. The maximum atomic E-state index is 12.8. The van der Waals surface area contributed by atoms with Gasteiger partial charge in [-0.05, 0) is 12.1 Å². The number of para-hydroxylation sites is 1. The summed E-state index contributed by atoms with van der Waals surface area (Å²) in [6, 6.07) is 7.04. The molecule has 148 valence electrons. The molecule has 0 aliphatic rings. The fourth-order valence-electron chi connectivity index (χ4n) is 2.71. The van der Waals surface area contributed by atoms with Crippen LogP contribution in [-0.4, -0.2) is 56.2 Å². The normalized spacial score (nSPS) is 12.5. The summed E-state index contributed by atoms with van der Waals surface area (Å²) in [5, 5.41) is 3.18. The van der Waals surface area contributed by atoms with Gasteiger partial charge < -0.3 is 19.5 Å². The van der Waals surface area contributed by atoms with E-state index >= 15 is 0 Å². The number of carbonyl (C=O) groups excluding carboxylic acids is 4. The fraction of sp³-hybridized carbons (Fsp3) is 0.316. The molecular weight excluding hydrogens is 368 g/mol. The van der Waals surface area contributed by atoms with Crippen molar-refractivity contribution in [2.75, 3.05) is 21.3 Å². The topological polar surface area (TPSA) is 121 Å². The van der Waals surface area contributed by atoms with Crippen LogP contribution in [0.25, 0.3) is 10.9 Å². The number of ether oxygens (including phenoxy) is 3. The number of pyridine rings is 1. The Morgan fingerprint density at radius 1 is 0.964 bits per heavy atom. The minimum absolute atomic E-state index is 0.202. The number of amides is 1. The largest absolute Gasteiger partial charge is 0.469 e. The molecule has 9 nitrogen and oxygen atoms in total. The Hall–Kier alpha value is -3.49. The first-order valence-electron chi connectivity index (χ1n) is 8.30. The summed E-state index contributed by atoms with van der Waals surface area (Å²) in [6.45, 7) is 0. The van der Waals surface area contributed by atoms with Gasteiger partial charge in [-0.2, -0.15) is 0 Å². The number of esters is 3. The monoisotopic (exact) mass is 388 g/mol. The number of benzene rings is 1. The highest BCUT2D eigenvalue weighted by Crippen LogP contribution is 2.18. The molecule has 0 unspecified atom stereocenters. The molecule has 0 radical (unpaired) electrons. The third kappa shape index (κ3) is 4.61. The van der Waals surface area contributed by atoms with Crippen LogP contribution in [0.15, 0.2) is 36.5 Å². The van der Waals surface area contributed by atoms with E-state index in [1.165, 1.54) is 12.3 Å². The average Bonchev–Trinajstić information content (AvgIpc) is 2.74. The molecule has 0 bridgehead atoms. The van der Waals surface area contributed by atoms with Crippen LogP contribution >= 0.6 is 0 Å². The summed E-state index contributed by atoms with van der Waals surface area (Å²) >= 11 is 0. The number of methoxy groups -OCH3 is 3. The van der Waals surface area contributed by atoms with Crippen molar-refractivity contribution in [2.24, 2.45) is 5.92 Å². The Labute approximate surface area is 161 Å². The Morgan fingerprint density at radius 2 is 1.64 bits per heavy atom. The third-order valence-corrected chi connectivity index (χ3v) is 4.14. The molecule has 2 atom stereocenters. The molecule has 0 fully saturated rings. The van der Waals surface area contributed by atoms with Crippen molar-refractivity contribution in [2.45, 2.75) is 12.5 Å². The van der Waals surface area contributed by atoms with Gasteiger partial charge in [0.05, 0.1) is 44.7 Å². The van der Waals surface area contributed by atoms with Crippen LogP contribution in [0.5, 0.6) is 0 Å². The van der Waals surface area contributed by atoms with Crippen molar-refractivity contribution in [3.63, 3.8) is 0 Å². The van der Waals surface area contributed by atoms with Gasteiger partial charge in [-0.25, -0.2) is 4.79 Å². The number of nitrogens with one attached hydrogen (secondary N) is 1. The average molecular weight is 388 g/mol. The van der Waals surface area contributed by atoms with Crippen LogP contribution in [0.2, 0.25) is 0 Å². The molecule has 0 saturated carbocycles. The van der Waals surface area contributed by atoms with Gasteiger partial charge in [0.25, 0.3) is 5.91 Å². The third-order valence-electron chi connectivity index (χ3n) is 4.14. The molecule has 9 heteroatoms. The van der Waals surface area contributed by atoms with Crippen molar-refractivity contribution in [3.05, 3.63) is 42.1 Å². The van der Waals surface area contributed by atoms with Crippen molar-refractivity contribution in [1.82, 2.24) is 10.3 Å². The van der Waals surface area contributed by atoms with Gasteiger partial charge in [-0.1, -0.05) is 18.2 Å². The maximum Gasteiger partial charge on any atom is 0.329 e. The van der Waals surface area contributed by atoms with Gasteiger partial charge in [0.2, 0.25) is 0 Å². The van der Waals surface area contributed by atoms with E-state index in [0.29, 0.717) is 5.52 Å². The van der Waals surface area contributed by atoms with Crippen LogP contribution < -0.4 is 5.32 Å². The lowest BCUT2D eigenvalue weighted by Gasteiger charge is -2.23. The number of carbonyl (C=O) groups is 4. The summed E-state index contributed by atoms with van der Waals surface area (Å²) in [6.07, 6.45) is 1.06. The Morgan fingerprint density at radius 3 is 2.29 bits per heavy atom. The van der Waals surface area contributed by atoms with Crippen molar-refractivity contribution in [3.8, 4) is 0 Å². The number of fused-ring (bicyclic) bond motifs is 1. The van der Waals surface area contributed by atoms with E-state index in [-0.39, 0.29) is 5.56 Å². The minimum Gasteiger partial charge on any atom is -0.469 e. The predicted molar refractivity (Wildman–Crippen MR) is 97.2 cm³/mol. The van der Waals surface area contributed by atoms with Crippen LogP contribution in [0.1, 0.15) is 16.8 Å². The number of hydrogen-bond acceptors (Lipinski definition) is 8. The molecule has 1 amide bonds. The number of aromatic nitrogens is 1. The summed E-state index contributed by atoms with van der Waals surface area (Å²) in [4.78, 5) is 53.1. The number of rotatable bonds is 7. The second-order valence-corrected chi connectivity index (χ2v) is 5.76. The van der Waals surface area contributed by atoms with Gasteiger partial charge in [0, 0.05) is 11.6 Å². The van der Waals surface area contributed by atoms with Gasteiger partial charge in [0.15, 0.2) is 0 Å². The van der Waals surface area contributed by atoms with Crippen LogP contribution in [0.4, 0.5) is 0 Å². The highest BCUT2D eigenvalue weighted by Gasteiger charge is 2.39. The summed E-state index contributed by atoms with van der Waals surface area (Å²) in [5.41, 5.74) is 0.627. The van der Waals surface area contributed by atoms with Crippen LogP contribution in [0.3, 0.4) is 0 Å². The molecule has 0 saturated heterocycles. The van der Waals surface area contributed by atoms with Crippen molar-refractivity contribution >= 4 is 34.7 Å². The van der Waals surface area contributed by atoms with E-state index < -0.39 is 42.2 Å². The van der Waals surface area contributed by atoms with Crippen LogP contribution in [-0.2, 0) is 28.6 Å². The molecular formula is C19H20N2O7. The molecule has 28 heavy (non-hydrogen) atoms. The molecule has 0 aliphatic carbocycles. The molecule has 1 aromatic carbocycles. The fourth-order valence-corrected chi connectivity index (χ4v) is 2.71. The zero-order valence-corrected chi connectivity index (χ0v) is 15.6. The lowest BCUT2D eigenvalue weighted by Crippen LogP contribution is -2.50. The predicted octanol–water partition coefficient (Wildman–Crippen LogP) is 0.858. The minimum atomic E-state index is -1.46. The number of nitrogens with zero attached hydrogens (tertiary/aromatic N) is 1. The van der Waals surface area contributed by atoms with Gasteiger partial charge in [0.1, 0.15) is 6.04 Å². The Bertz CT molecular complexity index is 891. The SMILES string of the molecule is COC(=O)C[C@H](C(=O)OC)[C@H](NC(=O)c1cccc2cccnc12)C(=O)OC. The smallest absolute Gasteiger partial charge is 0.329 e. The first kappa shape index (κ1) is 20.8. The van der Waals surface area contributed by atoms with E-state index in [4.69, 9.17) is 4.74 Å². The zero-order valence-electron chi connectivity index (χ0n) is 15.6. The molecule has 1 heterocycles. The number of hydrogen-bond donors (Lipinski definition) is 1. The lowest BCUT2D eigenvalue weighted by atomic mass is 9.95. The molecule has 1 aromatic heterocycles. The molecule has 0 aliphatic heterocycles. The lowest BCUT2D eigenvalue weighted by molar-refractivity contribution is -0.158. The Kier molecular flexibility index (Phi) is 7.02. The molecule has 2 rings (SSSR count). The summed E-state index contributed by atoms with van der Waals surface area (Å²) < 4.78 is 13.9. The van der Waals surface area contributed by atoms with E-state index in [1.54, 1.807) is 24.3 Å². The van der Waals surface area contributed by atoms with E-state index in [2.05, 4.69) is 19.8 Å². The van der Waals surface area contributed by atoms with Crippen LogP contribution in [0, 0.1) is 5.92 Å². The van der Waals surface area contributed by atoms with Crippen molar-refractivity contribution < 1.29 is 33.4 Å². The second kappa shape index (κ2) is 9.45. The van der Waals surface area contributed by atoms with Gasteiger partial charge in [-0.3, -0.25) is 19.4 Å². The summed E-state index contributed by atoms with van der Waals surface area (Å²) in [5.74, 6) is -4.49.